The van der Waals surface area contributed by atoms with Crippen LogP contribution >= 0.6 is 22.9 Å². The van der Waals surface area contributed by atoms with Gasteiger partial charge >= 0.3 is 0 Å². The van der Waals surface area contributed by atoms with E-state index in [-0.39, 0.29) is 5.91 Å². The Morgan fingerprint density at radius 1 is 1.22 bits per heavy atom. The number of benzene rings is 1. The molecule has 2 aliphatic heterocycles. The fourth-order valence-corrected chi connectivity index (χ4v) is 4.45. The minimum Gasteiger partial charge on any atom is -0.337 e. The highest BCUT2D eigenvalue weighted by molar-refractivity contribution is 7.07. The second kappa shape index (κ2) is 6.23. The number of rotatable bonds is 3. The fourth-order valence-electron chi connectivity index (χ4n) is 3.73. The van der Waals surface area contributed by atoms with E-state index in [0.29, 0.717) is 17.5 Å². The zero-order valence-electron chi connectivity index (χ0n) is 12.7. The van der Waals surface area contributed by atoms with Crippen LogP contribution in [0.2, 0.25) is 5.02 Å². The lowest BCUT2D eigenvalue weighted by Gasteiger charge is -2.21. The van der Waals surface area contributed by atoms with Gasteiger partial charge < -0.3 is 4.90 Å². The predicted molar refractivity (Wildman–Crippen MR) is 91.7 cm³/mol. The van der Waals surface area contributed by atoms with E-state index in [4.69, 9.17) is 11.6 Å². The lowest BCUT2D eigenvalue weighted by molar-refractivity contribution is 0.0768. The van der Waals surface area contributed by atoms with Crippen molar-refractivity contribution in [1.82, 2.24) is 14.8 Å². The Labute approximate surface area is 144 Å². The molecule has 0 saturated carbocycles. The highest BCUT2D eigenvalue weighted by Crippen LogP contribution is 2.33. The van der Waals surface area contributed by atoms with E-state index in [1.54, 1.807) is 5.51 Å². The van der Waals surface area contributed by atoms with Crippen LogP contribution in [0.4, 0.5) is 0 Å². The maximum atomic E-state index is 12.4. The summed E-state index contributed by atoms with van der Waals surface area (Å²) in [5.41, 5.74) is 3.49. The molecule has 0 aliphatic carbocycles. The second-order valence-corrected chi connectivity index (χ2v) is 7.52. The first-order valence-corrected chi connectivity index (χ1v) is 9.16. The van der Waals surface area contributed by atoms with Gasteiger partial charge in [0.15, 0.2) is 0 Å². The third-order valence-corrected chi connectivity index (χ3v) is 5.81. The molecule has 2 saturated heterocycles. The Kier molecular flexibility index (Phi) is 4.09. The number of hydrogen-bond acceptors (Lipinski definition) is 4. The van der Waals surface area contributed by atoms with Gasteiger partial charge in [-0.15, -0.1) is 11.3 Å². The molecule has 1 amide bonds. The second-order valence-electron chi connectivity index (χ2n) is 6.39. The van der Waals surface area contributed by atoms with Crippen molar-refractivity contribution < 1.29 is 4.79 Å². The van der Waals surface area contributed by atoms with Crippen molar-refractivity contribution in [2.24, 2.45) is 11.8 Å². The maximum Gasteiger partial charge on any atom is 0.273 e. The summed E-state index contributed by atoms with van der Waals surface area (Å²) in [6.45, 7) is 4.67. The van der Waals surface area contributed by atoms with Gasteiger partial charge in [-0.25, -0.2) is 4.98 Å². The Hall–Kier alpha value is -1.43. The molecule has 4 nitrogen and oxygen atoms in total. The number of aromatic nitrogens is 1. The summed E-state index contributed by atoms with van der Waals surface area (Å²) in [6, 6.07) is 8.04. The molecule has 1 aromatic heterocycles. The van der Waals surface area contributed by atoms with Gasteiger partial charge in [-0.3, -0.25) is 9.69 Å². The van der Waals surface area contributed by atoms with Crippen molar-refractivity contribution in [1.29, 1.82) is 0 Å². The van der Waals surface area contributed by atoms with E-state index in [2.05, 4.69) is 16.0 Å². The summed E-state index contributed by atoms with van der Waals surface area (Å²) in [6.07, 6.45) is 0. The molecule has 4 rings (SSSR count). The largest absolute Gasteiger partial charge is 0.337 e. The highest BCUT2D eigenvalue weighted by atomic mass is 35.5. The summed E-state index contributed by atoms with van der Waals surface area (Å²) in [5.74, 6) is 1.22. The van der Waals surface area contributed by atoms with Gasteiger partial charge in [0, 0.05) is 43.1 Å². The zero-order chi connectivity index (χ0) is 15.8. The molecule has 6 heteroatoms. The van der Waals surface area contributed by atoms with Crippen LogP contribution < -0.4 is 0 Å². The molecule has 2 fully saturated rings. The van der Waals surface area contributed by atoms with Crippen molar-refractivity contribution in [2.45, 2.75) is 6.54 Å². The number of amides is 1. The summed E-state index contributed by atoms with van der Waals surface area (Å²) in [4.78, 5) is 21.0. The first kappa shape index (κ1) is 15.1. The molecule has 1 aromatic carbocycles. The summed E-state index contributed by atoms with van der Waals surface area (Å²) < 4.78 is 0. The van der Waals surface area contributed by atoms with E-state index < -0.39 is 0 Å². The number of hydrogen-bond donors (Lipinski definition) is 0. The van der Waals surface area contributed by atoms with Crippen molar-refractivity contribution in [3.8, 4) is 0 Å². The molecule has 0 spiro atoms. The van der Waals surface area contributed by atoms with E-state index >= 15 is 0 Å². The third kappa shape index (κ3) is 3.01. The van der Waals surface area contributed by atoms with Crippen LogP contribution in [0.1, 0.15) is 16.1 Å². The van der Waals surface area contributed by atoms with E-state index in [0.717, 1.165) is 37.7 Å². The molecule has 0 bridgehead atoms. The molecule has 2 aromatic rings. The Bertz CT molecular complexity index is 692. The number of thiazole rings is 1. The van der Waals surface area contributed by atoms with Crippen LogP contribution in [-0.2, 0) is 6.54 Å². The van der Waals surface area contributed by atoms with Gasteiger partial charge in [0.1, 0.15) is 5.69 Å². The number of fused-ring (bicyclic) bond motifs is 1. The Morgan fingerprint density at radius 2 is 1.96 bits per heavy atom. The molecular formula is C17H18ClN3OS. The van der Waals surface area contributed by atoms with Crippen LogP contribution in [0.15, 0.2) is 35.2 Å². The van der Waals surface area contributed by atoms with Gasteiger partial charge in [-0.05, 0) is 23.5 Å². The number of carbonyl (C=O) groups is 1. The summed E-state index contributed by atoms with van der Waals surface area (Å²) in [7, 11) is 0. The zero-order valence-corrected chi connectivity index (χ0v) is 14.3. The molecule has 0 radical (unpaired) electrons. The van der Waals surface area contributed by atoms with Crippen LogP contribution in [0.5, 0.6) is 0 Å². The lowest BCUT2D eigenvalue weighted by atomic mass is 10.0. The topological polar surface area (TPSA) is 36.4 Å². The van der Waals surface area contributed by atoms with Crippen LogP contribution in [0.3, 0.4) is 0 Å². The molecule has 3 heterocycles. The van der Waals surface area contributed by atoms with Crippen molar-refractivity contribution in [3.63, 3.8) is 0 Å². The predicted octanol–water partition coefficient (Wildman–Crippen LogP) is 3.00. The molecule has 2 atom stereocenters. The van der Waals surface area contributed by atoms with Gasteiger partial charge in [0.2, 0.25) is 0 Å². The summed E-state index contributed by atoms with van der Waals surface area (Å²) >= 11 is 7.73. The minimum absolute atomic E-state index is 0.0818. The maximum absolute atomic E-state index is 12.4. The fraction of sp³-hybridized carbons (Fsp3) is 0.412. The average Bonchev–Trinajstić information content (AvgIpc) is 3.24. The van der Waals surface area contributed by atoms with E-state index in [1.165, 1.54) is 16.9 Å². The van der Waals surface area contributed by atoms with Gasteiger partial charge in [-0.1, -0.05) is 29.8 Å². The Balaban J connectivity index is 1.37. The first-order valence-electron chi connectivity index (χ1n) is 7.84. The van der Waals surface area contributed by atoms with Gasteiger partial charge in [0.25, 0.3) is 5.91 Å². The van der Waals surface area contributed by atoms with Crippen LogP contribution in [0, 0.1) is 11.8 Å². The molecule has 2 unspecified atom stereocenters. The monoisotopic (exact) mass is 347 g/mol. The standard InChI is InChI=1S/C17H18ClN3OS/c18-15-4-2-1-3-12(15)5-20-6-13-8-21(9-14(13)7-20)17(22)16-10-23-11-19-16/h1-4,10-11,13-14H,5-9H2. The number of carbonyl (C=O) groups excluding carboxylic acids is 1. The van der Waals surface area contributed by atoms with Crippen LogP contribution in [-0.4, -0.2) is 46.9 Å². The average molecular weight is 348 g/mol. The highest BCUT2D eigenvalue weighted by Gasteiger charge is 2.41. The van der Waals surface area contributed by atoms with Crippen LogP contribution in [0.25, 0.3) is 0 Å². The van der Waals surface area contributed by atoms with Crippen molar-refractivity contribution >= 4 is 28.8 Å². The van der Waals surface area contributed by atoms with Crippen molar-refractivity contribution in [2.75, 3.05) is 26.2 Å². The smallest absolute Gasteiger partial charge is 0.273 e. The third-order valence-electron chi connectivity index (χ3n) is 4.85. The molecular weight excluding hydrogens is 330 g/mol. The molecule has 120 valence electrons. The number of nitrogens with zero attached hydrogens (tertiary/aromatic N) is 3. The first-order chi connectivity index (χ1) is 11.2. The van der Waals surface area contributed by atoms with Gasteiger partial charge in [-0.2, -0.15) is 0 Å². The summed E-state index contributed by atoms with van der Waals surface area (Å²) in [5, 5.41) is 2.67. The molecule has 2 aliphatic rings. The van der Waals surface area contributed by atoms with Gasteiger partial charge in [0.05, 0.1) is 5.51 Å². The van der Waals surface area contributed by atoms with Crippen molar-refractivity contribution in [3.05, 3.63) is 51.4 Å². The Morgan fingerprint density at radius 3 is 2.61 bits per heavy atom. The number of likely N-dealkylation sites (tertiary alicyclic amines) is 2. The number of halogens is 1. The quantitative estimate of drug-likeness (QED) is 0.856. The van der Waals surface area contributed by atoms with E-state index in [1.807, 2.05) is 28.5 Å². The lowest BCUT2D eigenvalue weighted by Crippen LogP contribution is -2.33. The van der Waals surface area contributed by atoms with E-state index in [9.17, 15) is 4.79 Å². The molecule has 0 N–H and O–H groups in total. The molecule has 23 heavy (non-hydrogen) atoms. The normalized spacial score (nSPS) is 24.1. The SMILES string of the molecule is O=C(c1cscn1)N1CC2CN(Cc3ccccc3Cl)CC2C1. The minimum atomic E-state index is 0.0818.